The molecule has 2 aromatic heterocycles. The van der Waals surface area contributed by atoms with Crippen LogP contribution in [0.4, 0.5) is 17.2 Å². The van der Waals surface area contributed by atoms with Crippen molar-refractivity contribution in [1.82, 2.24) is 19.9 Å². The second-order valence-corrected chi connectivity index (χ2v) is 360. The van der Waals surface area contributed by atoms with Gasteiger partial charge in [0.2, 0.25) is 0 Å². The van der Waals surface area contributed by atoms with Gasteiger partial charge in [0.15, 0.2) is 22.5 Å². The van der Waals surface area contributed by atoms with Gasteiger partial charge < -0.3 is 20.5 Å². The van der Waals surface area contributed by atoms with E-state index >= 15 is 0 Å². The van der Waals surface area contributed by atoms with Gasteiger partial charge in [-0.15, -0.1) is 393 Å². The minimum Gasteiger partial charge on any atom is -0.491 e. The summed E-state index contributed by atoms with van der Waals surface area (Å²) in [6.07, 6.45) is 2.99. The van der Waals surface area contributed by atoms with Crippen LogP contribution < -0.4 is 20.5 Å². The Bertz CT molecular complexity index is 4050. The van der Waals surface area contributed by atoms with Crippen molar-refractivity contribution in [3.63, 3.8) is 0 Å². The summed E-state index contributed by atoms with van der Waals surface area (Å²) in [5.74, 6) is 2.91. The molecule has 3 N–H and O–H groups in total. The normalized spacial score (nSPS) is 14.3. The first-order valence-electron chi connectivity index (χ1n) is 35.7. The van der Waals surface area contributed by atoms with E-state index in [1.165, 1.54) is 28.6 Å². The number of benzene rings is 4. The lowest BCUT2D eigenvalue weighted by molar-refractivity contribution is 0.413. The van der Waals surface area contributed by atoms with Gasteiger partial charge in [-0.1, -0.05) is 139 Å². The van der Waals surface area contributed by atoms with Crippen LogP contribution in [0.15, 0.2) is 110 Å². The van der Waals surface area contributed by atoms with Gasteiger partial charge in [0, 0.05) is 22.5 Å². The highest BCUT2D eigenvalue weighted by Gasteiger charge is 2.55. The van der Waals surface area contributed by atoms with Gasteiger partial charge in [-0.05, 0) is 327 Å². The fourth-order valence-electron chi connectivity index (χ4n) is 9.48. The van der Waals surface area contributed by atoms with Crippen molar-refractivity contribution in [2.75, 3.05) is 25.3 Å². The molecule has 53 atom stereocenters. The molecule has 135 heavy (non-hydrogen) atoms. The van der Waals surface area contributed by atoms with E-state index in [9.17, 15) is 0 Å². The number of methoxy groups -OCH3 is 2. The van der Waals surface area contributed by atoms with E-state index in [4.69, 9.17) is 26.8 Å². The molecule has 0 fully saturated rings. The zero-order valence-corrected chi connectivity index (χ0v) is 162. The quantitative estimate of drug-likeness (QED) is 0.0221. The Balaban J connectivity index is 0.000000845. The second-order valence-electron chi connectivity index (χ2n) is 25.4. The van der Waals surface area contributed by atoms with Crippen molar-refractivity contribution in [1.29, 1.82) is 0 Å². The molecule has 53 unspecified atom stereocenters. The Kier molecular flexibility index (Phi) is 111. The lowest BCUT2D eigenvalue weighted by Crippen LogP contribution is -2.01. The van der Waals surface area contributed by atoms with Crippen molar-refractivity contribution >= 4 is 703 Å². The molecule has 774 valence electrons. The Morgan fingerprint density at radius 1 is 0.281 bits per heavy atom. The van der Waals surface area contributed by atoms with Gasteiger partial charge >= 0.3 is 0 Å². The number of ether oxygens (including phenoxy) is 2. The van der Waals surface area contributed by atoms with Crippen LogP contribution in [-0.4, -0.2) is 34.2 Å². The average molecular weight is 3400 g/mol. The minimum atomic E-state index is -0.103. The van der Waals surface area contributed by atoms with Crippen LogP contribution in [-0.2, 0) is 0 Å². The SMILES string of the molecule is CC(C)c1ccc(N)cc1.COc1c(Cl)ncnc1-c1ccc(C)cc1.COc1c(Nc2ccc(C(C)C)cc2)ncnc1-c1ccc(C)cc1.PP(P)P(P(P)P)P(P(P)P)P(P(P(P)P)P(P)P)P(P(P(P)P)P(P)P)P(P(P)P)P(P)P.PPP(P)P(P(P(P)P)P(P)P)P(P(P(P)P)P(P)P)P(P(P(P)P)P(P)P)P(P(P)P)P(P)P.PPP(P)P(P(P)P)P(P(P)P)P(P)P. The molecule has 0 amide bonds. The van der Waals surface area contributed by atoms with E-state index in [1.807, 2.05) is 55.5 Å². The number of aromatic nitrogens is 4. The van der Waals surface area contributed by atoms with Crippen LogP contribution in [0.25, 0.3) is 22.5 Å². The maximum atomic E-state index is 5.93. The third kappa shape index (κ3) is 61.3. The zero-order chi connectivity index (χ0) is 104. The van der Waals surface area contributed by atoms with Crippen molar-refractivity contribution in [3.8, 4) is 34.0 Å². The van der Waals surface area contributed by atoms with Crippen molar-refractivity contribution < 1.29 is 9.47 Å². The van der Waals surface area contributed by atoms with Gasteiger partial charge in [0.25, 0.3) is 0 Å². The minimum absolute atomic E-state index is 0.000249. The number of nitrogen functional groups attached to an aromatic ring is 1. The van der Waals surface area contributed by atoms with E-state index in [0.717, 1.165) is 44.1 Å². The molecule has 0 spiro atoms. The third-order valence-electron chi connectivity index (χ3n) is 14.9. The topological polar surface area (TPSA) is 108 Å². The van der Waals surface area contributed by atoms with Gasteiger partial charge in [-0.2, -0.15) is 0 Å². The highest BCUT2D eigenvalue weighted by atomic mass is 35.5. The van der Waals surface area contributed by atoms with E-state index < -0.39 is 0 Å². The van der Waals surface area contributed by atoms with Crippen molar-refractivity contribution in [3.05, 3.63) is 137 Å². The number of hydrogen-bond donors (Lipinski definition) is 2. The predicted octanol–water partition coefficient (Wildman–Crippen LogP) is 59.1. The molecule has 0 aliphatic heterocycles. The van der Waals surface area contributed by atoms with Crippen LogP contribution in [0.5, 0.6) is 11.5 Å². The predicted molar refractivity (Wildman–Crippen MR) is 918 cm³/mol. The van der Waals surface area contributed by atoms with Gasteiger partial charge in [-0.3, -0.25) is 0 Å². The summed E-state index contributed by atoms with van der Waals surface area (Å²) in [5, 5.41) is 3.66. The largest absolute Gasteiger partial charge is 0.491 e. The number of aryl methyl sites for hydroxylation is 2. The van der Waals surface area contributed by atoms with Crippen molar-refractivity contribution in [2.45, 2.75) is 53.4 Å². The van der Waals surface area contributed by atoms with Gasteiger partial charge in [0.05, 0.1) is 14.2 Å². The van der Waals surface area contributed by atoms with E-state index in [-0.39, 0.29) is 266 Å². The average Bonchev–Trinajstić information content (AvgIpc) is 0.758. The number of nitrogens with two attached hydrogens (primary N) is 1. The van der Waals surface area contributed by atoms with Crippen LogP contribution in [0.3, 0.4) is 0 Å². The van der Waals surface area contributed by atoms with Crippen LogP contribution in [0, 0.1) is 13.8 Å². The molecule has 4 aromatic carbocycles. The maximum Gasteiger partial charge on any atom is 0.187 e. The summed E-state index contributed by atoms with van der Waals surface area (Å²) in [6, 6.07) is 32.6. The zero-order valence-electron chi connectivity index (χ0n) is 74.0. The van der Waals surface area contributed by atoms with Crippen LogP contribution >= 0.6 is 686 Å². The number of anilines is 3. The lowest BCUT2D eigenvalue weighted by Gasteiger charge is -2.54. The molecule has 8 nitrogen and oxygen atoms in total. The summed E-state index contributed by atoms with van der Waals surface area (Å²) in [7, 11) is 150. The highest BCUT2D eigenvalue weighted by molar-refractivity contribution is 9.49. The fourth-order valence-corrected chi connectivity index (χ4v) is 1100. The molecule has 93 heteroatoms. The first-order chi connectivity index (χ1) is 62.6. The molecular formula is C42H137ClN6O2P84. The Hall–Kier alpha value is 30.6. The monoisotopic (exact) mass is 3390 g/mol. The molecule has 0 saturated heterocycles. The Labute approximate surface area is 969 Å². The molecular weight excluding hydrogens is 3260 g/mol. The molecule has 0 radical (unpaired) electrons. The summed E-state index contributed by atoms with van der Waals surface area (Å²) >= 11 is 5.93. The fraction of sp³-hybridized carbons (Fsp3) is 0.238. The van der Waals surface area contributed by atoms with Crippen molar-refractivity contribution in [2.24, 2.45) is 0 Å². The van der Waals surface area contributed by atoms with E-state index in [1.54, 1.807) is 20.5 Å². The first-order valence-corrected chi connectivity index (χ1v) is 187. The summed E-state index contributed by atoms with van der Waals surface area (Å²) < 4.78 is 10.8. The Morgan fingerprint density at radius 3 is 0.763 bits per heavy atom. The van der Waals surface area contributed by atoms with Crippen LogP contribution in [0.2, 0.25) is 5.15 Å². The highest BCUT2D eigenvalue weighted by Crippen LogP contribution is 3.43. The number of nitrogens with zero attached hydrogens (tertiary/aromatic N) is 4. The second kappa shape index (κ2) is 91.4. The standard InChI is InChI=1S/C21H23N3O.C12H11ClN2O.C9H13N.H37P35.H36P34.H17P15/c1-14(2)16-9-11-18(12-10-16)24-21-20(25-4)19(22-13-23-21)17-7-5-15(3)6-8-17;1-8-3-5-9(6-4-8)10-11(16-2)12(13)15-7-14-10;1-7(2)8-3-5-9(10)6-4-8;1-19-28(18)33(29(20(2)3)21(4)5)35(32(26(14)15)27(16)17)34(30(22(6)7)23(8)9)31(24(10)11)25(12)13;1-19(2)28(20(3)4)32(27(17)18)34(31(25(13)14)26(15)16)33(29(21(5)6)22(7)8)30(23(9)10)24(11)12;1-9-13(8)15(12(6)7)14(10(2)3)11(4)5/h5-14H,1-4H3,(H,22,23,24);3-7H,1-2H3;3-7H,10H2,1-2H3;19H,1-18H2;1-18H2;9H,1-8H2. The summed E-state index contributed by atoms with van der Waals surface area (Å²) in [6.45, 7) is 12.3. The molecule has 0 aliphatic carbocycles. The Morgan fingerprint density at radius 2 is 0.504 bits per heavy atom. The molecule has 0 bridgehead atoms. The number of nitrogens with one attached hydrogen (secondary N) is 1. The van der Waals surface area contributed by atoms with E-state index in [0.29, 0.717) is 40.0 Å². The number of hydrogen-bond acceptors (Lipinski definition) is 8. The summed E-state index contributed by atoms with van der Waals surface area (Å²) in [5.41, 5.74) is 15.8. The lowest BCUT2D eigenvalue weighted by atomic mass is 10.0. The summed E-state index contributed by atoms with van der Waals surface area (Å²) in [4.78, 5) is 16.8. The number of rotatable bonds is 45. The maximum absolute atomic E-state index is 5.93. The molecule has 6 aromatic rings. The molecule has 0 saturated carbocycles. The molecule has 0 aliphatic rings. The van der Waals surface area contributed by atoms with E-state index in [2.05, 4.69) is 501 Å². The third-order valence-corrected chi connectivity index (χ3v) is 564. The first kappa shape index (κ1) is 164. The number of halogens is 1. The molecule has 2 heterocycles. The molecule has 6 rings (SSSR count). The smallest absolute Gasteiger partial charge is 0.187 e. The van der Waals surface area contributed by atoms with Gasteiger partial charge in [0.1, 0.15) is 24.0 Å². The van der Waals surface area contributed by atoms with Gasteiger partial charge in [-0.25, -0.2) is 19.9 Å². The van der Waals surface area contributed by atoms with Crippen LogP contribution in [0.1, 0.15) is 61.8 Å².